The summed E-state index contributed by atoms with van der Waals surface area (Å²) in [5.74, 6) is 4.41. The number of carbonyl (C=O) groups excluding carboxylic acids is 1. The monoisotopic (exact) mass is 346 g/mol. The predicted octanol–water partition coefficient (Wildman–Crippen LogP) is 5.23. The van der Waals surface area contributed by atoms with E-state index in [-0.39, 0.29) is 11.5 Å². The van der Waals surface area contributed by atoms with Crippen molar-refractivity contribution in [3.63, 3.8) is 0 Å². The lowest BCUT2D eigenvalue weighted by atomic mass is 9.43. The molecule has 4 aliphatic rings. The molecule has 0 radical (unpaired) electrons. The maximum atomic E-state index is 12.2. The lowest BCUT2D eigenvalue weighted by Crippen LogP contribution is -2.55. The Morgan fingerprint density at radius 2 is 1.76 bits per heavy atom. The minimum absolute atomic E-state index is 0.0675. The van der Waals surface area contributed by atoms with Crippen molar-refractivity contribution in [3.05, 3.63) is 0 Å². The summed E-state index contributed by atoms with van der Waals surface area (Å²) in [6, 6.07) is 0. The second kappa shape index (κ2) is 6.08. The fourth-order valence-corrected chi connectivity index (χ4v) is 8.51. The quantitative estimate of drug-likeness (QED) is 0.743. The second-order valence-corrected chi connectivity index (χ2v) is 10.6. The van der Waals surface area contributed by atoms with Crippen LogP contribution in [0.3, 0.4) is 0 Å². The first-order valence-corrected chi connectivity index (χ1v) is 11.0. The molecule has 4 aliphatic carbocycles. The van der Waals surface area contributed by atoms with E-state index in [0.717, 1.165) is 42.9 Å². The summed E-state index contributed by atoms with van der Waals surface area (Å²) in [6.07, 6.45) is 11.0. The van der Waals surface area contributed by atoms with E-state index in [1.54, 1.807) is 0 Å². The van der Waals surface area contributed by atoms with Crippen molar-refractivity contribution in [2.45, 2.75) is 91.6 Å². The van der Waals surface area contributed by atoms with Gasteiger partial charge in [0.05, 0.1) is 6.10 Å². The first-order valence-electron chi connectivity index (χ1n) is 11.0. The van der Waals surface area contributed by atoms with Crippen molar-refractivity contribution in [2.75, 3.05) is 0 Å². The number of fused-ring (bicyclic) bond motifs is 5. The van der Waals surface area contributed by atoms with Gasteiger partial charge in [0, 0.05) is 5.92 Å². The molecule has 0 spiro atoms. The largest absolute Gasteiger partial charge is 0.393 e. The van der Waals surface area contributed by atoms with E-state index in [0.29, 0.717) is 23.0 Å². The summed E-state index contributed by atoms with van der Waals surface area (Å²) in [7, 11) is 0. The average molecular weight is 347 g/mol. The Hall–Kier alpha value is -0.370. The zero-order valence-electron chi connectivity index (χ0n) is 16.8. The lowest BCUT2D eigenvalue weighted by Gasteiger charge is -2.62. The fraction of sp³-hybridized carbons (Fsp3) is 0.957. The van der Waals surface area contributed by atoms with Crippen molar-refractivity contribution in [1.82, 2.24) is 0 Å². The summed E-state index contributed by atoms with van der Waals surface area (Å²) in [4.78, 5) is 12.2. The highest BCUT2D eigenvalue weighted by atomic mass is 16.3. The molecule has 0 bridgehead atoms. The van der Waals surface area contributed by atoms with Gasteiger partial charge in [-0.15, -0.1) is 0 Å². The molecule has 4 fully saturated rings. The minimum Gasteiger partial charge on any atom is -0.393 e. The molecule has 25 heavy (non-hydrogen) atoms. The highest BCUT2D eigenvalue weighted by molar-refractivity contribution is 5.79. The van der Waals surface area contributed by atoms with Gasteiger partial charge in [0.1, 0.15) is 5.78 Å². The fourth-order valence-electron chi connectivity index (χ4n) is 8.51. The topological polar surface area (TPSA) is 37.3 Å². The van der Waals surface area contributed by atoms with Crippen molar-refractivity contribution < 1.29 is 9.90 Å². The first-order chi connectivity index (χ1) is 11.8. The molecule has 0 saturated heterocycles. The molecule has 4 rings (SSSR count). The van der Waals surface area contributed by atoms with Crippen molar-refractivity contribution in [2.24, 2.45) is 46.3 Å². The molecular weight excluding hydrogens is 308 g/mol. The molecule has 9 atom stereocenters. The molecular formula is C23H38O2. The number of aliphatic hydroxyl groups is 1. The van der Waals surface area contributed by atoms with Gasteiger partial charge in [-0.05, 0) is 98.7 Å². The average Bonchev–Trinajstić information content (AvgIpc) is 2.92. The maximum Gasteiger partial charge on any atom is 0.133 e. The van der Waals surface area contributed by atoms with Crippen LogP contribution in [0.4, 0.5) is 0 Å². The number of ketones is 1. The van der Waals surface area contributed by atoms with Crippen molar-refractivity contribution >= 4 is 5.78 Å². The number of rotatable bonds is 2. The molecule has 4 saturated carbocycles. The number of Topliss-reactive ketones (excluding diaryl/α,β-unsaturated/α-hetero) is 1. The zero-order chi connectivity index (χ0) is 18.0. The van der Waals surface area contributed by atoms with Crippen LogP contribution in [0.1, 0.15) is 85.5 Å². The van der Waals surface area contributed by atoms with Crippen LogP contribution < -0.4 is 0 Å². The van der Waals surface area contributed by atoms with E-state index in [1.165, 1.54) is 38.5 Å². The maximum absolute atomic E-state index is 12.2. The number of aliphatic hydroxyl groups excluding tert-OH is 1. The minimum atomic E-state index is -0.0675. The van der Waals surface area contributed by atoms with E-state index < -0.39 is 0 Å². The molecule has 0 aromatic carbocycles. The van der Waals surface area contributed by atoms with Gasteiger partial charge in [-0.3, -0.25) is 4.79 Å². The van der Waals surface area contributed by atoms with Crippen LogP contribution in [0, 0.1) is 46.3 Å². The zero-order valence-corrected chi connectivity index (χ0v) is 16.8. The van der Waals surface area contributed by atoms with E-state index in [2.05, 4.69) is 20.8 Å². The molecule has 142 valence electrons. The Kier molecular flexibility index (Phi) is 4.38. The lowest BCUT2D eigenvalue weighted by molar-refractivity contribution is -0.147. The summed E-state index contributed by atoms with van der Waals surface area (Å²) in [5, 5.41) is 10.6. The molecule has 0 unspecified atom stereocenters. The SMILES string of the molecule is CC[C@H]1C[C@@]2(C)[C@@H](CC[C@@H]3[C@@H]2CC[C@]2(C)[C@@H](C(C)=O)CC[C@@H]32)C[C@@H]1O. The van der Waals surface area contributed by atoms with Gasteiger partial charge in [-0.25, -0.2) is 0 Å². The Morgan fingerprint density at radius 3 is 2.44 bits per heavy atom. The predicted molar refractivity (Wildman–Crippen MR) is 101 cm³/mol. The second-order valence-electron chi connectivity index (χ2n) is 10.6. The smallest absolute Gasteiger partial charge is 0.133 e. The van der Waals surface area contributed by atoms with Crippen LogP contribution in [0.15, 0.2) is 0 Å². The molecule has 2 nitrogen and oxygen atoms in total. The van der Waals surface area contributed by atoms with E-state index in [9.17, 15) is 9.90 Å². The van der Waals surface area contributed by atoms with E-state index >= 15 is 0 Å². The Bertz CT molecular complexity index is 542. The van der Waals surface area contributed by atoms with Crippen LogP contribution in [-0.4, -0.2) is 17.0 Å². The van der Waals surface area contributed by atoms with E-state index in [1.807, 2.05) is 6.92 Å². The molecule has 2 heteroatoms. The van der Waals surface area contributed by atoms with Crippen molar-refractivity contribution in [3.8, 4) is 0 Å². The number of carbonyl (C=O) groups is 1. The number of hydrogen-bond donors (Lipinski definition) is 1. The third kappa shape index (κ3) is 2.49. The Balaban J connectivity index is 1.62. The number of hydrogen-bond acceptors (Lipinski definition) is 2. The summed E-state index contributed by atoms with van der Waals surface area (Å²) in [5.41, 5.74) is 0.701. The Labute approximate surface area is 154 Å². The standard InChI is InChI=1S/C23H38O2/c1-5-15-13-23(4)16(12-21(15)25)6-7-17-19-9-8-18(14(2)24)22(19,3)11-10-20(17)23/h15-21,25H,5-13H2,1-4H3/t15-,16-,17-,18+,19-,20-,21-,22+,23-/m0/s1. The molecule has 0 aromatic rings. The third-order valence-electron chi connectivity index (χ3n) is 9.85. The van der Waals surface area contributed by atoms with Gasteiger partial charge < -0.3 is 5.11 Å². The normalized spacial score (nSPS) is 55.2. The molecule has 0 heterocycles. The van der Waals surface area contributed by atoms with E-state index in [4.69, 9.17) is 0 Å². The molecule has 0 aromatic heterocycles. The molecule has 0 amide bonds. The van der Waals surface area contributed by atoms with Gasteiger partial charge in [-0.1, -0.05) is 27.2 Å². The molecule has 1 N–H and O–H groups in total. The Morgan fingerprint density at radius 1 is 1.04 bits per heavy atom. The highest BCUT2D eigenvalue weighted by Crippen LogP contribution is 2.68. The van der Waals surface area contributed by atoms with Crippen LogP contribution in [0.25, 0.3) is 0 Å². The highest BCUT2D eigenvalue weighted by Gasteiger charge is 2.61. The summed E-state index contributed by atoms with van der Waals surface area (Å²) in [6.45, 7) is 9.10. The third-order valence-corrected chi connectivity index (χ3v) is 9.85. The van der Waals surface area contributed by atoms with Crippen LogP contribution >= 0.6 is 0 Å². The van der Waals surface area contributed by atoms with Gasteiger partial charge in [0.15, 0.2) is 0 Å². The molecule has 0 aliphatic heterocycles. The van der Waals surface area contributed by atoms with Gasteiger partial charge in [0.2, 0.25) is 0 Å². The van der Waals surface area contributed by atoms with Gasteiger partial charge in [0.25, 0.3) is 0 Å². The van der Waals surface area contributed by atoms with Gasteiger partial charge in [-0.2, -0.15) is 0 Å². The van der Waals surface area contributed by atoms with Crippen molar-refractivity contribution in [1.29, 1.82) is 0 Å². The first kappa shape index (κ1) is 18.0. The van der Waals surface area contributed by atoms with Crippen LogP contribution in [0.2, 0.25) is 0 Å². The summed E-state index contributed by atoms with van der Waals surface area (Å²) < 4.78 is 0. The van der Waals surface area contributed by atoms with Crippen LogP contribution in [-0.2, 0) is 4.79 Å². The summed E-state index contributed by atoms with van der Waals surface area (Å²) >= 11 is 0. The van der Waals surface area contributed by atoms with Crippen LogP contribution in [0.5, 0.6) is 0 Å². The van der Waals surface area contributed by atoms with Gasteiger partial charge >= 0.3 is 0 Å².